The quantitative estimate of drug-likeness (QED) is 0.698. The highest BCUT2D eigenvalue weighted by molar-refractivity contribution is 5.79. The van der Waals surface area contributed by atoms with E-state index in [1.54, 1.807) is 0 Å². The predicted molar refractivity (Wildman–Crippen MR) is 58.9 cm³/mol. The Balaban J connectivity index is 1.87. The van der Waals surface area contributed by atoms with Crippen LogP contribution >= 0.6 is 0 Å². The van der Waals surface area contributed by atoms with Gasteiger partial charge in [0.2, 0.25) is 5.91 Å². The minimum atomic E-state index is 0.00205. The molecule has 2 N–H and O–H groups in total. The monoisotopic (exact) mass is 228 g/mol. The van der Waals surface area contributed by atoms with E-state index in [4.69, 9.17) is 15.2 Å². The number of nitrogens with two attached hydrogens (primary N) is 1. The van der Waals surface area contributed by atoms with Gasteiger partial charge in [-0.1, -0.05) is 0 Å². The molecular weight excluding hydrogens is 208 g/mol. The van der Waals surface area contributed by atoms with Crippen LogP contribution < -0.4 is 5.73 Å². The van der Waals surface area contributed by atoms with Crippen molar-refractivity contribution in [3.63, 3.8) is 0 Å². The van der Waals surface area contributed by atoms with Gasteiger partial charge in [0.15, 0.2) is 0 Å². The molecule has 0 radical (unpaired) electrons. The van der Waals surface area contributed by atoms with Crippen LogP contribution in [-0.4, -0.2) is 56.4 Å². The maximum absolute atomic E-state index is 12.2. The van der Waals surface area contributed by atoms with Crippen molar-refractivity contribution >= 4 is 5.91 Å². The van der Waals surface area contributed by atoms with Gasteiger partial charge < -0.3 is 20.1 Å². The lowest BCUT2D eigenvalue weighted by Gasteiger charge is -2.35. The third kappa shape index (κ3) is 2.72. The molecule has 0 aromatic rings. The second-order valence-electron chi connectivity index (χ2n) is 4.43. The van der Waals surface area contributed by atoms with E-state index in [-0.39, 0.29) is 17.9 Å². The van der Waals surface area contributed by atoms with Gasteiger partial charge in [-0.15, -0.1) is 0 Å². The molecule has 1 amide bonds. The van der Waals surface area contributed by atoms with Crippen molar-refractivity contribution in [2.45, 2.75) is 18.9 Å². The molecule has 0 aromatic carbocycles. The van der Waals surface area contributed by atoms with Crippen LogP contribution in [0.1, 0.15) is 12.8 Å². The number of carbonyl (C=O) groups is 1. The van der Waals surface area contributed by atoms with Gasteiger partial charge in [0.05, 0.1) is 25.2 Å². The van der Waals surface area contributed by atoms with E-state index in [0.717, 1.165) is 19.4 Å². The van der Waals surface area contributed by atoms with Crippen LogP contribution in [0.3, 0.4) is 0 Å². The highest BCUT2D eigenvalue weighted by atomic mass is 16.5. The second kappa shape index (κ2) is 5.61. The fourth-order valence-corrected chi connectivity index (χ4v) is 2.26. The number of amides is 1. The molecule has 2 fully saturated rings. The molecule has 2 aliphatic heterocycles. The van der Waals surface area contributed by atoms with Gasteiger partial charge in [-0.05, 0) is 12.8 Å². The lowest BCUT2D eigenvalue weighted by atomic mass is 10.0. The largest absolute Gasteiger partial charge is 0.381 e. The Morgan fingerprint density at radius 3 is 3.00 bits per heavy atom. The summed E-state index contributed by atoms with van der Waals surface area (Å²) < 4.78 is 10.8. The fourth-order valence-electron chi connectivity index (χ4n) is 2.26. The number of hydrogen-bond acceptors (Lipinski definition) is 4. The molecule has 0 aliphatic carbocycles. The van der Waals surface area contributed by atoms with Crippen molar-refractivity contribution in [3.8, 4) is 0 Å². The first kappa shape index (κ1) is 11.8. The number of hydrogen-bond donors (Lipinski definition) is 1. The van der Waals surface area contributed by atoms with E-state index in [2.05, 4.69) is 0 Å². The first-order chi connectivity index (χ1) is 7.81. The number of ether oxygens (including phenoxy) is 2. The molecule has 5 nitrogen and oxygen atoms in total. The van der Waals surface area contributed by atoms with Crippen LogP contribution in [-0.2, 0) is 14.3 Å². The van der Waals surface area contributed by atoms with Gasteiger partial charge >= 0.3 is 0 Å². The van der Waals surface area contributed by atoms with Gasteiger partial charge in [-0.2, -0.15) is 0 Å². The first-order valence-electron chi connectivity index (χ1n) is 5.99. The summed E-state index contributed by atoms with van der Waals surface area (Å²) in [4.78, 5) is 14.0. The van der Waals surface area contributed by atoms with E-state index < -0.39 is 0 Å². The van der Waals surface area contributed by atoms with Crippen LogP contribution in [0.25, 0.3) is 0 Å². The van der Waals surface area contributed by atoms with Gasteiger partial charge in [-0.3, -0.25) is 4.79 Å². The number of rotatable bonds is 2. The average molecular weight is 228 g/mol. The minimum Gasteiger partial charge on any atom is -0.381 e. The summed E-state index contributed by atoms with van der Waals surface area (Å²) in [6, 6.07) is 0. The summed E-state index contributed by atoms with van der Waals surface area (Å²) in [5.74, 6) is 0.256. The Morgan fingerprint density at radius 1 is 1.44 bits per heavy atom. The maximum atomic E-state index is 12.2. The average Bonchev–Trinajstić information content (AvgIpc) is 2.39. The normalized spacial score (nSPS) is 31.4. The molecule has 2 aliphatic rings. The van der Waals surface area contributed by atoms with Crippen LogP contribution in [0.15, 0.2) is 0 Å². The zero-order valence-electron chi connectivity index (χ0n) is 9.56. The summed E-state index contributed by atoms with van der Waals surface area (Å²) in [6.07, 6.45) is 1.94. The minimum absolute atomic E-state index is 0.00205. The molecule has 92 valence electrons. The van der Waals surface area contributed by atoms with Crippen molar-refractivity contribution in [2.75, 3.05) is 39.5 Å². The van der Waals surface area contributed by atoms with E-state index in [1.807, 2.05) is 4.90 Å². The van der Waals surface area contributed by atoms with Gasteiger partial charge in [0.25, 0.3) is 0 Å². The zero-order valence-corrected chi connectivity index (χ0v) is 9.56. The van der Waals surface area contributed by atoms with Crippen LogP contribution in [0.5, 0.6) is 0 Å². The second-order valence-corrected chi connectivity index (χ2v) is 4.43. The molecule has 0 spiro atoms. The standard InChI is InChI=1S/C11H20N2O3/c12-6-10-7-13(3-5-16-10)11(14)9-2-1-4-15-8-9/h9-10H,1-8,12H2. The number of morpholine rings is 1. The van der Waals surface area contributed by atoms with Gasteiger partial charge in [0, 0.05) is 26.2 Å². The molecule has 2 unspecified atom stereocenters. The molecule has 16 heavy (non-hydrogen) atoms. The summed E-state index contributed by atoms with van der Waals surface area (Å²) in [5.41, 5.74) is 5.56. The van der Waals surface area contributed by atoms with Crippen LogP contribution in [0.2, 0.25) is 0 Å². The van der Waals surface area contributed by atoms with E-state index >= 15 is 0 Å². The lowest BCUT2D eigenvalue weighted by Crippen LogP contribution is -2.50. The molecule has 2 saturated heterocycles. The Morgan fingerprint density at radius 2 is 2.31 bits per heavy atom. The highest BCUT2D eigenvalue weighted by Crippen LogP contribution is 2.18. The molecular formula is C11H20N2O3. The van der Waals surface area contributed by atoms with E-state index in [1.165, 1.54) is 0 Å². The van der Waals surface area contributed by atoms with Crippen molar-refractivity contribution in [1.82, 2.24) is 4.90 Å². The Labute approximate surface area is 95.9 Å². The topological polar surface area (TPSA) is 64.8 Å². The molecule has 0 saturated carbocycles. The molecule has 2 heterocycles. The van der Waals surface area contributed by atoms with Crippen LogP contribution in [0, 0.1) is 5.92 Å². The number of nitrogens with zero attached hydrogens (tertiary/aromatic N) is 1. The third-order valence-electron chi connectivity index (χ3n) is 3.22. The van der Waals surface area contributed by atoms with Gasteiger partial charge in [-0.25, -0.2) is 0 Å². The summed E-state index contributed by atoms with van der Waals surface area (Å²) in [7, 11) is 0. The van der Waals surface area contributed by atoms with E-state index in [0.29, 0.717) is 32.8 Å². The van der Waals surface area contributed by atoms with Crippen molar-refractivity contribution in [3.05, 3.63) is 0 Å². The third-order valence-corrected chi connectivity index (χ3v) is 3.22. The maximum Gasteiger partial charge on any atom is 0.228 e. The van der Waals surface area contributed by atoms with Crippen molar-refractivity contribution in [1.29, 1.82) is 0 Å². The molecule has 5 heteroatoms. The molecule has 2 rings (SSSR count). The summed E-state index contributed by atoms with van der Waals surface area (Å²) >= 11 is 0. The molecule has 2 atom stereocenters. The van der Waals surface area contributed by atoms with Crippen LogP contribution in [0.4, 0.5) is 0 Å². The lowest BCUT2D eigenvalue weighted by molar-refractivity contribution is -0.146. The van der Waals surface area contributed by atoms with E-state index in [9.17, 15) is 4.79 Å². The fraction of sp³-hybridized carbons (Fsp3) is 0.909. The Kier molecular flexibility index (Phi) is 4.15. The SMILES string of the molecule is NCC1CN(C(=O)C2CCCOC2)CCO1. The Hall–Kier alpha value is -0.650. The van der Waals surface area contributed by atoms with Crippen molar-refractivity contribution in [2.24, 2.45) is 11.7 Å². The zero-order chi connectivity index (χ0) is 11.4. The first-order valence-corrected chi connectivity index (χ1v) is 5.99. The highest BCUT2D eigenvalue weighted by Gasteiger charge is 2.29. The summed E-state index contributed by atoms with van der Waals surface area (Å²) in [5, 5.41) is 0. The van der Waals surface area contributed by atoms with Crippen molar-refractivity contribution < 1.29 is 14.3 Å². The van der Waals surface area contributed by atoms with Gasteiger partial charge in [0.1, 0.15) is 0 Å². The smallest absolute Gasteiger partial charge is 0.228 e. The Bertz CT molecular complexity index is 241. The molecule has 0 aromatic heterocycles. The number of carbonyl (C=O) groups excluding carboxylic acids is 1. The molecule has 0 bridgehead atoms. The predicted octanol–water partition coefficient (Wildman–Crippen LogP) is -0.401. The summed E-state index contributed by atoms with van der Waals surface area (Å²) in [6.45, 7) is 3.76.